The van der Waals surface area contributed by atoms with E-state index in [4.69, 9.17) is 9.47 Å². The summed E-state index contributed by atoms with van der Waals surface area (Å²) in [5.74, 6) is 0.181. The van der Waals surface area contributed by atoms with Gasteiger partial charge in [-0.15, -0.1) is 11.3 Å². The Kier molecular flexibility index (Phi) is 7.46. The summed E-state index contributed by atoms with van der Waals surface area (Å²) in [5.41, 5.74) is 0.924. The molecule has 0 unspecified atom stereocenters. The first-order valence-corrected chi connectivity index (χ1v) is 10.8. The molecule has 29 heavy (non-hydrogen) atoms. The van der Waals surface area contributed by atoms with Crippen molar-refractivity contribution >= 4 is 29.0 Å². The molecule has 1 aliphatic rings. The predicted molar refractivity (Wildman–Crippen MR) is 112 cm³/mol. The van der Waals surface area contributed by atoms with Gasteiger partial charge in [-0.25, -0.2) is 14.6 Å². The zero-order chi connectivity index (χ0) is 20.6. The van der Waals surface area contributed by atoms with E-state index in [1.165, 1.54) is 24.9 Å². The molecule has 7 nitrogen and oxygen atoms in total. The van der Waals surface area contributed by atoms with Crippen LogP contribution in [0, 0.1) is 0 Å². The van der Waals surface area contributed by atoms with Gasteiger partial charge in [0.2, 0.25) is 0 Å². The van der Waals surface area contributed by atoms with Gasteiger partial charge in [0.05, 0.1) is 25.9 Å². The molecule has 156 valence electrons. The van der Waals surface area contributed by atoms with Crippen molar-refractivity contribution in [3.63, 3.8) is 0 Å². The van der Waals surface area contributed by atoms with E-state index in [2.05, 4.69) is 10.3 Å². The van der Waals surface area contributed by atoms with Gasteiger partial charge in [-0.05, 0) is 31.9 Å². The number of esters is 1. The third-order valence-corrected chi connectivity index (χ3v) is 5.79. The van der Waals surface area contributed by atoms with E-state index >= 15 is 0 Å². The monoisotopic (exact) mass is 417 g/mol. The van der Waals surface area contributed by atoms with Crippen LogP contribution in [0.2, 0.25) is 0 Å². The first-order chi connectivity index (χ1) is 14.1. The number of hydrogen-bond donors (Lipinski definition) is 1. The van der Waals surface area contributed by atoms with Crippen LogP contribution in [0.25, 0.3) is 0 Å². The van der Waals surface area contributed by atoms with Crippen molar-refractivity contribution in [2.24, 2.45) is 0 Å². The SMILES string of the molecule is CCOc1ccccc1NC(=O)N(Cc1nc(C(=O)OC)cs1)C1CCCCC1. The zero-order valence-electron chi connectivity index (χ0n) is 16.8. The van der Waals surface area contributed by atoms with E-state index in [0.29, 0.717) is 29.6 Å². The molecule has 3 rings (SSSR count). The van der Waals surface area contributed by atoms with Gasteiger partial charge in [0.15, 0.2) is 5.69 Å². The number of aromatic nitrogens is 1. The van der Waals surface area contributed by atoms with Crippen molar-refractivity contribution < 1.29 is 19.1 Å². The van der Waals surface area contributed by atoms with E-state index in [0.717, 1.165) is 25.7 Å². The summed E-state index contributed by atoms with van der Waals surface area (Å²) in [5, 5.41) is 5.38. The molecular formula is C21H27N3O4S. The number of urea groups is 1. The summed E-state index contributed by atoms with van der Waals surface area (Å²) in [4.78, 5) is 31.1. The summed E-state index contributed by atoms with van der Waals surface area (Å²) < 4.78 is 10.4. The Morgan fingerprint density at radius 2 is 2.00 bits per heavy atom. The number of thiazole rings is 1. The van der Waals surface area contributed by atoms with Crippen molar-refractivity contribution in [1.82, 2.24) is 9.88 Å². The Morgan fingerprint density at radius 1 is 1.24 bits per heavy atom. The highest BCUT2D eigenvalue weighted by atomic mass is 32.1. The molecule has 1 saturated carbocycles. The lowest BCUT2D eigenvalue weighted by atomic mass is 9.94. The Morgan fingerprint density at radius 3 is 2.72 bits per heavy atom. The lowest BCUT2D eigenvalue weighted by molar-refractivity contribution is 0.0594. The zero-order valence-corrected chi connectivity index (χ0v) is 17.7. The molecule has 8 heteroatoms. The Hall–Kier alpha value is -2.61. The van der Waals surface area contributed by atoms with Crippen LogP contribution in [0.4, 0.5) is 10.5 Å². The third kappa shape index (κ3) is 5.47. The summed E-state index contributed by atoms with van der Waals surface area (Å²) in [6, 6.07) is 7.39. The molecule has 0 atom stereocenters. The molecule has 0 spiro atoms. The van der Waals surface area contributed by atoms with Gasteiger partial charge in [0, 0.05) is 11.4 Å². The number of ether oxygens (including phenoxy) is 2. The van der Waals surface area contributed by atoms with Gasteiger partial charge in [0.1, 0.15) is 10.8 Å². The minimum atomic E-state index is -0.466. The van der Waals surface area contributed by atoms with E-state index in [1.807, 2.05) is 36.1 Å². The molecule has 1 N–H and O–H groups in total. The van der Waals surface area contributed by atoms with E-state index in [-0.39, 0.29) is 17.8 Å². The van der Waals surface area contributed by atoms with Crippen molar-refractivity contribution in [3.05, 3.63) is 40.3 Å². The summed E-state index contributed by atoms with van der Waals surface area (Å²) in [7, 11) is 1.33. The Balaban J connectivity index is 1.78. The van der Waals surface area contributed by atoms with Gasteiger partial charge < -0.3 is 19.7 Å². The number of rotatable bonds is 7. The minimum absolute atomic E-state index is 0.147. The second kappa shape index (κ2) is 10.2. The van der Waals surface area contributed by atoms with Crippen LogP contribution in [0.3, 0.4) is 0 Å². The number of nitrogens with zero attached hydrogens (tertiary/aromatic N) is 2. The van der Waals surface area contributed by atoms with Crippen molar-refractivity contribution in [2.75, 3.05) is 19.0 Å². The number of anilines is 1. The molecule has 2 amide bonds. The first kappa shape index (κ1) is 21.1. The molecule has 0 bridgehead atoms. The van der Waals surface area contributed by atoms with Crippen molar-refractivity contribution in [3.8, 4) is 5.75 Å². The van der Waals surface area contributed by atoms with Gasteiger partial charge >= 0.3 is 12.0 Å². The average molecular weight is 418 g/mol. The first-order valence-electron chi connectivity index (χ1n) is 9.94. The summed E-state index contributed by atoms with van der Waals surface area (Å²) in [6.07, 6.45) is 5.35. The fourth-order valence-corrected chi connectivity index (χ4v) is 4.29. The molecular weight excluding hydrogens is 390 g/mol. The van der Waals surface area contributed by atoms with Crippen LogP contribution in [-0.2, 0) is 11.3 Å². The molecule has 2 aromatic rings. The number of benzene rings is 1. The van der Waals surface area contributed by atoms with Crippen LogP contribution < -0.4 is 10.1 Å². The van der Waals surface area contributed by atoms with E-state index in [9.17, 15) is 9.59 Å². The lowest BCUT2D eigenvalue weighted by Gasteiger charge is -2.34. The molecule has 1 aromatic carbocycles. The average Bonchev–Trinajstić information content (AvgIpc) is 3.22. The molecule has 0 saturated heterocycles. The van der Waals surface area contributed by atoms with Crippen molar-refractivity contribution in [2.45, 2.75) is 51.6 Å². The fourth-order valence-electron chi connectivity index (χ4n) is 3.53. The standard InChI is InChI=1S/C21H27N3O4S/c1-3-28-18-12-8-7-11-16(18)23-21(26)24(15-9-5-4-6-10-15)13-19-22-17(14-29-19)20(25)27-2/h7-8,11-12,14-15H,3-6,9-10,13H2,1-2H3,(H,23,26). The van der Waals surface area contributed by atoms with Gasteiger partial charge in [-0.1, -0.05) is 31.4 Å². The maximum absolute atomic E-state index is 13.2. The smallest absolute Gasteiger partial charge is 0.357 e. The fraction of sp³-hybridized carbons (Fsp3) is 0.476. The van der Waals surface area contributed by atoms with Crippen LogP contribution in [0.5, 0.6) is 5.75 Å². The number of hydrogen-bond acceptors (Lipinski definition) is 6. The number of para-hydroxylation sites is 2. The minimum Gasteiger partial charge on any atom is -0.492 e. The molecule has 1 heterocycles. The highest BCUT2D eigenvalue weighted by molar-refractivity contribution is 7.09. The van der Waals surface area contributed by atoms with Gasteiger partial charge in [-0.3, -0.25) is 0 Å². The number of methoxy groups -OCH3 is 1. The maximum atomic E-state index is 13.2. The summed E-state index contributed by atoms with van der Waals surface area (Å²) >= 11 is 1.36. The molecule has 0 radical (unpaired) electrons. The molecule has 1 fully saturated rings. The van der Waals surface area contributed by atoms with Gasteiger partial charge in [-0.2, -0.15) is 0 Å². The highest BCUT2D eigenvalue weighted by Crippen LogP contribution is 2.28. The van der Waals surface area contributed by atoms with E-state index < -0.39 is 5.97 Å². The maximum Gasteiger partial charge on any atom is 0.357 e. The quantitative estimate of drug-likeness (QED) is 0.661. The van der Waals surface area contributed by atoms with Crippen LogP contribution >= 0.6 is 11.3 Å². The normalized spacial score (nSPS) is 14.3. The van der Waals surface area contributed by atoms with Crippen LogP contribution in [0.15, 0.2) is 29.6 Å². The highest BCUT2D eigenvalue weighted by Gasteiger charge is 2.27. The second-order valence-electron chi connectivity index (χ2n) is 6.90. The Labute approximate surface area is 175 Å². The topological polar surface area (TPSA) is 80.8 Å². The summed E-state index contributed by atoms with van der Waals surface area (Å²) in [6.45, 7) is 2.79. The molecule has 1 aromatic heterocycles. The van der Waals surface area contributed by atoms with Gasteiger partial charge in [0.25, 0.3) is 0 Å². The largest absolute Gasteiger partial charge is 0.492 e. The third-order valence-electron chi connectivity index (χ3n) is 4.96. The number of amides is 2. The number of carbonyl (C=O) groups excluding carboxylic acids is 2. The van der Waals surface area contributed by atoms with Crippen LogP contribution in [-0.4, -0.2) is 41.6 Å². The van der Waals surface area contributed by atoms with E-state index in [1.54, 1.807) is 5.38 Å². The van der Waals surface area contributed by atoms with Crippen molar-refractivity contribution in [1.29, 1.82) is 0 Å². The molecule has 1 aliphatic carbocycles. The molecule has 0 aliphatic heterocycles. The number of carbonyl (C=O) groups is 2. The predicted octanol–water partition coefficient (Wildman–Crippen LogP) is 4.70. The Bertz CT molecular complexity index is 833. The van der Waals surface area contributed by atoms with Crippen LogP contribution in [0.1, 0.15) is 54.5 Å². The second-order valence-corrected chi connectivity index (χ2v) is 7.84. The number of nitrogens with one attached hydrogen (secondary N) is 1. The lowest BCUT2D eigenvalue weighted by Crippen LogP contribution is -2.43.